The number of ether oxygens (including phenoxy) is 4. The Bertz CT molecular complexity index is 1130. The highest BCUT2D eigenvalue weighted by Gasteiger charge is 2.35. The summed E-state index contributed by atoms with van der Waals surface area (Å²) in [5, 5.41) is 0. The molecule has 3 heterocycles. The van der Waals surface area contributed by atoms with Crippen molar-refractivity contribution in [2.45, 2.75) is 52.2 Å². The number of ketones is 1. The lowest BCUT2D eigenvalue weighted by molar-refractivity contribution is 0.0845. The Morgan fingerprint density at radius 1 is 1.13 bits per heavy atom. The fraction of sp³-hybridized carbons (Fsp3) is 0.346. The molecule has 0 fully saturated rings. The first kappa shape index (κ1) is 19.7. The van der Waals surface area contributed by atoms with E-state index >= 15 is 0 Å². The lowest BCUT2D eigenvalue weighted by atomic mass is 9.89. The molecule has 5 heteroatoms. The second-order valence-corrected chi connectivity index (χ2v) is 9.03. The van der Waals surface area contributed by atoms with Gasteiger partial charge in [-0.25, -0.2) is 0 Å². The lowest BCUT2D eigenvalue weighted by Gasteiger charge is -2.34. The van der Waals surface area contributed by atoms with Crippen molar-refractivity contribution in [3.63, 3.8) is 0 Å². The quantitative estimate of drug-likeness (QED) is 0.589. The van der Waals surface area contributed by atoms with E-state index in [1.54, 1.807) is 0 Å². The van der Waals surface area contributed by atoms with Gasteiger partial charge in [0.05, 0.1) is 17.5 Å². The number of fused-ring (bicyclic) bond motifs is 4. The Labute approximate surface area is 182 Å². The third kappa shape index (κ3) is 3.58. The van der Waals surface area contributed by atoms with Crippen molar-refractivity contribution in [2.24, 2.45) is 0 Å². The van der Waals surface area contributed by atoms with Crippen LogP contribution >= 0.6 is 0 Å². The Hall–Kier alpha value is -3.21. The van der Waals surface area contributed by atoms with Gasteiger partial charge in [0.1, 0.15) is 23.2 Å². The molecule has 0 spiro atoms. The predicted molar refractivity (Wildman–Crippen MR) is 118 cm³/mol. The molecule has 3 aliphatic heterocycles. The Balaban J connectivity index is 1.58. The highest BCUT2D eigenvalue weighted by molar-refractivity contribution is 6.02. The van der Waals surface area contributed by atoms with Crippen molar-refractivity contribution in [1.82, 2.24) is 0 Å². The van der Waals surface area contributed by atoms with E-state index in [0.717, 1.165) is 22.4 Å². The highest BCUT2D eigenvalue weighted by Crippen LogP contribution is 2.47. The first-order valence-corrected chi connectivity index (χ1v) is 10.6. The molecule has 0 aromatic heterocycles. The van der Waals surface area contributed by atoms with Crippen molar-refractivity contribution in [1.29, 1.82) is 0 Å². The van der Waals surface area contributed by atoms with Crippen LogP contribution in [0.3, 0.4) is 0 Å². The van der Waals surface area contributed by atoms with E-state index in [2.05, 4.69) is 19.9 Å². The first-order valence-electron chi connectivity index (χ1n) is 10.6. The second kappa shape index (κ2) is 7.19. The fourth-order valence-corrected chi connectivity index (χ4v) is 4.14. The summed E-state index contributed by atoms with van der Waals surface area (Å²) in [6.45, 7) is 8.40. The summed E-state index contributed by atoms with van der Waals surface area (Å²) in [5.41, 5.74) is 4.17. The summed E-state index contributed by atoms with van der Waals surface area (Å²) in [7, 11) is 0. The van der Waals surface area contributed by atoms with Gasteiger partial charge in [-0.1, -0.05) is 17.7 Å². The average Bonchev–Trinajstić information content (AvgIpc) is 3.19. The largest absolute Gasteiger partial charge is 0.484 e. The minimum absolute atomic E-state index is 0.0726. The Morgan fingerprint density at radius 2 is 1.94 bits per heavy atom. The minimum Gasteiger partial charge on any atom is -0.484 e. The zero-order valence-electron chi connectivity index (χ0n) is 18.3. The molecule has 0 saturated carbocycles. The van der Waals surface area contributed by atoms with E-state index in [1.165, 1.54) is 5.57 Å². The standard InChI is InChI=1S/C26H26O5/c1-15(2)5-6-17-11-19-20(27)13-22(16-7-8-21-23(12-16)29-14-28-21)30-25(19)18-9-10-26(3,4)31-24(17)18/h5,7-12,22H,6,13-14H2,1-4H3. The van der Waals surface area contributed by atoms with Crippen LogP contribution < -0.4 is 18.9 Å². The SMILES string of the molecule is CC(C)=CCc1cc2c(c3c1OC(C)(C)C=C3)OC(c1ccc3c(c1)OCO3)CC2=O. The van der Waals surface area contributed by atoms with Crippen LogP contribution in [0.1, 0.15) is 67.3 Å². The molecular weight excluding hydrogens is 392 g/mol. The Morgan fingerprint density at radius 3 is 2.74 bits per heavy atom. The van der Waals surface area contributed by atoms with Gasteiger partial charge in [0, 0.05) is 0 Å². The van der Waals surface area contributed by atoms with Crippen LogP contribution in [0, 0.1) is 0 Å². The molecule has 5 rings (SSSR count). The molecule has 5 nitrogen and oxygen atoms in total. The monoisotopic (exact) mass is 418 g/mol. The molecular formula is C26H26O5. The van der Waals surface area contributed by atoms with E-state index in [4.69, 9.17) is 18.9 Å². The Kier molecular flexibility index (Phi) is 4.58. The minimum atomic E-state index is -0.420. The summed E-state index contributed by atoms with van der Waals surface area (Å²) < 4.78 is 23.7. The summed E-state index contributed by atoms with van der Waals surface area (Å²) >= 11 is 0. The van der Waals surface area contributed by atoms with Gasteiger partial charge in [0.15, 0.2) is 17.3 Å². The van der Waals surface area contributed by atoms with Crippen molar-refractivity contribution in [2.75, 3.05) is 6.79 Å². The van der Waals surface area contributed by atoms with Crippen molar-refractivity contribution < 1.29 is 23.7 Å². The highest BCUT2D eigenvalue weighted by atomic mass is 16.7. The molecule has 2 aromatic rings. The molecule has 0 N–H and O–H groups in total. The van der Waals surface area contributed by atoms with Crippen LogP contribution in [-0.2, 0) is 6.42 Å². The maximum atomic E-state index is 13.2. The van der Waals surface area contributed by atoms with Crippen LogP contribution in [-0.4, -0.2) is 18.2 Å². The number of carbonyl (C=O) groups is 1. The number of hydrogen-bond acceptors (Lipinski definition) is 5. The molecule has 160 valence electrons. The molecule has 0 amide bonds. The zero-order valence-corrected chi connectivity index (χ0v) is 18.3. The molecule has 3 aliphatic rings. The predicted octanol–water partition coefficient (Wildman–Crippen LogP) is 5.81. The number of carbonyl (C=O) groups excluding carboxylic acids is 1. The van der Waals surface area contributed by atoms with Crippen LogP contribution in [0.25, 0.3) is 6.08 Å². The van der Waals surface area contributed by atoms with Crippen LogP contribution in [0.2, 0.25) is 0 Å². The van der Waals surface area contributed by atoms with Gasteiger partial charge in [-0.15, -0.1) is 0 Å². The molecule has 0 saturated heterocycles. The number of Topliss-reactive ketones (excluding diaryl/α,β-unsaturated/α-hetero) is 1. The smallest absolute Gasteiger partial charge is 0.231 e. The number of hydrogen-bond donors (Lipinski definition) is 0. The average molecular weight is 418 g/mol. The van der Waals surface area contributed by atoms with Gasteiger partial charge < -0.3 is 18.9 Å². The van der Waals surface area contributed by atoms with Crippen molar-refractivity contribution in [3.8, 4) is 23.0 Å². The maximum Gasteiger partial charge on any atom is 0.231 e. The van der Waals surface area contributed by atoms with Crippen LogP contribution in [0.15, 0.2) is 42.0 Å². The first-order chi connectivity index (χ1) is 14.8. The second-order valence-electron chi connectivity index (χ2n) is 9.03. The third-order valence-corrected chi connectivity index (χ3v) is 5.79. The van der Waals surface area contributed by atoms with Gasteiger partial charge in [-0.05, 0) is 75.6 Å². The van der Waals surface area contributed by atoms with Gasteiger partial charge in [0.25, 0.3) is 0 Å². The summed E-state index contributed by atoms with van der Waals surface area (Å²) in [6, 6.07) is 7.64. The molecule has 1 unspecified atom stereocenters. The van der Waals surface area contributed by atoms with Gasteiger partial charge in [0.2, 0.25) is 6.79 Å². The number of benzene rings is 2. The van der Waals surface area contributed by atoms with E-state index in [-0.39, 0.29) is 25.1 Å². The van der Waals surface area contributed by atoms with E-state index in [1.807, 2.05) is 50.3 Å². The summed E-state index contributed by atoms with van der Waals surface area (Å²) in [4.78, 5) is 13.2. The van der Waals surface area contributed by atoms with E-state index in [0.29, 0.717) is 29.2 Å². The molecule has 1 atom stereocenters. The number of rotatable bonds is 3. The van der Waals surface area contributed by atoms with Gasteiger partial charge >= 0.3 is 0 Å². The molecule has 31 heavy (non-hydrogen) atoms. The van der Waals surface area contributed by atoms with Crippen molar-refractivity contribution >= 4 is 11.9 Å². The topological polar surface area (TPSA) is 54.0 Å². The summed E-state index contributed by atoms with van der Waals surface area (Å²) in [5.74, 6) is 2.86. The van der Waals surface area contributed by atoms with Gasteiger partial charge in [-0.2, -0.15) is 0 Å². The van der Waals surface area contributed by atoms with Crippen molar-refractivity contribution in [3.05, 3.63) is 64.2 Å². The van der Waals surface area contributed by atoms with E-state index < -0.39 is 5.60 Å². The van der Waals surface area contributed by atoms with Gasteiger partial charge in [-0.3, -0.25) is 4.79 Å². The molecule has 0 radical (unpaired) electrons. The zero-order chi connectivity index (χ0) is 21.8. The summed E-state index contributed by atoms with van der Waals surface area (Å²) in [6.07, 6.45) is 6.80. The fourth-order valence-electron chi connectivity index (χ4n) is 4.14. The van der Waals surface area contributed by atoms with Crippen LogP contribution in [0.5, 0.6) is 23.0 Å². The normalized spacial score (nSPS) is 19.7. The molecule has 0 aliphatic carbocycles. The maximum absolute atomic E-state index is 13.2. The third-order valence-electron chi connectivity index (χ3n) is 5.79. The molecule has 2 aromatic carbocycles. The lowest BCUT2D eigenvalue weighted by Crippen LogP contribution is -2.29. The van der Waals surface area contributed by atoms with E-state index in [9.17, 15) is 4.79 Å². The molecule has 0 bridgehead atoms. The number of allylic oxidation sites excluding steroid dienone is 2. The van der Waals surface area contributed by atoms with Crippen LogP contribution in [0.4, 0.5) is 0 Å².